The molecule has 0 saturated carbocycles. The van der Waals surface area contributed by atoms with Gasteiger partial charge in [-0.3, -0.25) is 4.79 Å². The van der Waals surface area contributed by atoms with Crippen LogP contribution in [0.3, 0.4) is 0 Å². The van der Waals surface area contributed by atoms with E-state index >= 15 is 0 Å². The van der Waals surface area contributed by atoms with Gasteiger partial charge in [0.15, 0.2) is 5.82 Å². The minimum absolute atomic E-state index is 0.257. The number of fused-ring (bicyclic) bond motifs is 1. The Balaban J connectivity index is 1.55. The van der Waals surface area contributed by atoms with Crippen molar-refractivity contribution < 1.29 is 4.79 Å². The van der Waals surface area contributed by atoms with E-state index in [1.165, 1.54) is 0 Å². The van der Waals surface area contributed by atoms with Gasteiger partial charge in [0.2, 0.25) is 0 Å². The van der Waals surface area contributed by atoms with E-state index < -0.39 is 0 Å². The number of hydrogen-bond donors (Lipinski definition) is 2. The number of hydrogen-bond acceptors (Lipinski definition) is 5. The minimum Gasteiger partial charge on any atom is -0.383 e. The summed E-state index contributed by atoms with van der Waals surface area (Å²) in [6, 6.07) is 9.50. The molecular formula is C17H19N7O. The standard InChI is InChI=1S/C17H19N7O/c1-11-15(16(18)24(22-11)12-6-3-2-4-7-12)17(25)19-10-14-21-20-13-8-5-9-23(13)14/h2-4,6-7H,5,8-10,18H2,1H3,(H,19,25). The molecule has 0 bridgehead atoms. The summed E-state index contributed by atoms with van der Waals surface area (Å²) >= 11 is 0. The molecule has 3 heterocycles. The largest absolute Gasteiger partial charge is 0.383 e. The predicted molar refractivity (Wildman–Crippen MR) is 92.2 cm³/mol. The van der Waals surface area contributed by atoms with Gasteiger partial charge < -0.3 is 15.6 Å². The van der Waals surface area contributed by atoms with E-state index in [0.29, 0.717) is 23.6 Å². The second kappa shape index (κ2) is 6.04. The molecule has 1 aromatic carbocycles. The van der Waals surface area contributed by atoms with E-state index in [-0.39, 0.29) is 5.91 Å². The first-order valence-electron chi connectivity index (χ1n) is 8.25. The summed E-state index contributed by atoms with van der Waals surface area (Å²) in [5, 5.41) is 15.6. The Morgan fingerprint density at radius 1 is 1.28 bits per heavy atom. The summed E-state index contributed by atoms with van der Waals surface area (Å²) in [6.07, 6.45) is 2.01. The number of aryl methyl sites for hydroxylation is 2. The molecule has 0 atom stereocenters. The van der Waals surface area contributed by atoms with Crippen molar-refractivity contribution in [2.45, 2.75) is 32.9 Å². The number of carbonyl (C=O) groups is 1. The van der Waals surface area contributed by atoms with Crippen LogP contribution < -0.4 is 11.1 Å². The van der Waals surface area contributed by atoms with Crippen LogP contribution in [0.15, 0.2) is 30.3 Å². The second-order valence-corrected chi connectivity index (χ2v) is 6.06. The first-order valence-corrected chi connectivity index (χ1v) is 8.25. The summed E-state index contributed by atoms with van der Waals surface area (Å²) in [6.45, 7) is 3.00. The molecule has 3 aromatic rings. The maximum atomic E-state index is 12.6. The summed E-state index contributed by atoms with van der Waals surface area (Å²) < 4.78 is 3.64. The monoisotopic (exact) mass is 337 g/mol. The third-order valence-electron chi connectivity index (χ3n) is 4.42. The zero-order chi connectivity index (χ0) is 17.4. The average molecular weight is 337 g/mol. The number of nitrogens with one attached hydrogen (secondary N) is 1. The fraction of sp³-hybridized carbons (Fsp3) is 0.294. The lowest BCUT2D eigenvalue weighted by atomic mass is 10.2. The van der Waals surface area contributed by atoms with Crippen molar-refractivity contribution in [3.63, 3.8) is 0 Å². The number of nitrogens with two attached hydrogens (primary N) is 1. The highest BCUT2D eigenvalue weighted by molar-refractivity contribution is 5.99. The minimum atomic E-state index is -0.257. The van der Waals surface area contributed by atoms with Gasteiger partial charge in [-0.25, -0.2) is 4.68 Å². The Bertz CT molecular complexity index is 926. The van der Waals surface area contributed by atoms with Crippen LogP contribution in [-0.4, -0.2) is 30.5 Å². The van der Waals surface area contributed by atoms with E-state index in [2.05, 4.69) is 25.2 Å². The van der Waals surface area contributed by atoms with Gasteiger partial charge in [-0.2, -0.15) is 5.10 Å². The summed E-state index contributed by atoms with van der Waals surface area (Å²) in [5.74, 6) is 1.82. The van der Waals surface area contributed by atoms with Gasteiger partial charge >= 0.3 is 0 Å². The molecule has 0 fully saturated rings. The quantitative estimate of drug-likeness (QED) is 0.745. The van der Waals surface area contributed by atoms with Crippen molar-refractivity contribution in [3.8, 4) is 5.69 Å². The number of nitrogen functional groups attached to an aromatic ring is 1. The topological polar surface area (TPSA) is 104 Å². The third-order valence-corrected chi connectivity index (χ3v) is 4.42. The Morgan fingerprint density at radius 3 is 2.88 bits per heavy atom. The molecule has 128 valence electrons. The number of amides is 1. The molecule has 1 amide bonds. The van der Waals surface area contributed by atoms with Crippen molar-refractivity contribution in [3.05, 3.63) is 53.2 Å². The molecule has 8 nitrogen and oxygen atoms in total. The molecule has 0 spiro atoms. The second-order valence-electron chi connectivity index (χ2n) is 6.06. The van der Waals surface area contributed by atoms with Crippen LogP contribution in [0.5, 0.6) is 0 Å². The van der Waals surface area contributed by atoms with Crippen LogP contribution >= 0.6 is 0 Å². The van der Waals surface area contributed by atoms with Crippen LogP contribution in [0.25, 0.3) is 5.69 Å². The molecular weight excluding hydrogens is 318 g/mol. The molecule has 8 heteroatoms. The average Bonchev–Trinajstić information content (AvgIpc) is 3.29. The van der Waals surface area contributed by atoms with E-state index in [4.69, 9.17) is 5.73 Å². The molecule has 4 rings (SSSR count). The molecule has 2 aromatic heterocycles. The number of carbonyl (C=O) groups excluding carboxylic acids is 1. The van der Waals surface area contributed by atoms with E-state index in [0.717, 1.165) is 36.7 Å². The maximum absolute atomic E-state index is 12.6. The lowest BCUT2D eigenvalue weighted by Crippen LogP contribution is -2.26. The number of nitrogens with zero attached hydrogens (tertiary/aromatic N) is 5. The number of para-hydroxylation sites is 1. The molecule has 1 aliphatic heterocycles. The van der Waals surface area contributed by atoms with Crippen LogP contribution in [0.2, 0.25) is 0 Å². The van der Waals surface area contributed by atoms with Gasteiger partial charge in [0, 0.05) is 13.0 Å². The first-order chi connectivity index (χ1) is 12.1. The molecule has 1 aliphatic rings. The number of anilines is 1. The fourth-order valence-electron chi connectivity index (χ4n) is 3.18. The summed E-state index contributed by atoms with van der Waals surface area (Å²) in [4.78, 5) is 12.6. The van der Waals surface area contributed by atoms with Crippen molar-refractivity contribution >= 4 is 11.7 Å². The molecule has 0 radical (unpaired) electrons. The lowest BCUT2D eigenvalue weighted by Gasteiger charge is -2.07. The Labute approximate surface area is 144 Å². The van der Waals surface area contributed by atoms with Gasteiger partial charge in [-0.05, 0) is 25.5 Å². The molecule has 25 heavy (non-hydrogen) atoms. The number of aromatic nitrogens is 5. The van der Waals surface area contributed by atoms with E-state index in [1.54, 1.807) is 11.6 Å². The van der Waals surface area contributed by atoms with E-state index in [9.17, 15) is 4.79 Å². The smallest absolute Gasteiger partial charge is 0.257 e. The predicted octanol–water partition coefficient (Wildman–Crippen LogP) is 1.23. The van der Waals surface area contributed by atoms with Gasteiger partial charge in [0.05, 0.1) is 17.9 Å². The molecule has 0 unspecified atom stereocenters. The summed E-state index contributed by atoms with van der Waals surface area (Å²) in [7, 11) is 0. The van der Waals surface area contributed by atoms with Crippen LogP contribution in [0.4, 0.5) is 5.82 Å². The Hall–Kier alpha value is -3.16. The van der Waals surface area contributed by atoms with Crippen molar-refractivity contribution in [1.82, 2.24) is 29.9 Å². The molecule has 0 aliphatic carbocycles. The summed E-state index contributed by atoms with van der Waals surface area (Å²) in [5.41, 5.74) is 7.98. The molecule has 0 saturated heterocycles. The normalized spacial score (nSPS) is 13.0. The number of rotatable bonds is 4. The zero-order valence-corrected chi connectivity index (χ0v) is 13.9. The maximum Gasteiger partial charge on any atom is 0.257 e. The highest BCUT2D eigenvalue weighted by Gasteiger charge is 2.22. The van der Waals surface area contributed by atoms with Crippen LogP contribution in [0.1, 0.15) is 34.1 Å². The molecule has 3 N–H and O–H groups in total. The van der Waals surface area contributed by atoms with Crippen molar-refractivity contribution in [2.24, 2.45) is 0 Å². The highest BCUT2D eigenvalue weighted by Crippen LogP contribution is 2.21. The zero-order valence-electron chi connectivity index (χ0n) is 13.9. The van der Waals surface area contributed by atoms with Gasteiger partial charge in [0.25, 0.3) is 5.91 Å². The van der Waals surface area contributed by atoms with Gasteiger partial charge in [-0.15, -0.1) is 10.2 Å². The van der Waals surface area contributed by atoms with Gasteiger partial charge in [-0.1, -0.05) is 18.2 Å². The Morgan fingerprint density at radius 2 is 2.08 bits per heavy atom. The van der Waals surface area contributed by atoms with Crippen LogP contribution in [0, 0.1) is 6.92 Å². The number of benzene rings is 1. The van der Waals surface area contributed by atoms with Crippen molar-refractivity contribution in [2.75, 3.05) is 5.73 Å². The van der Waals surface area contributed by atoms with Crippen LogP contribution in [-0.2, 0) is 19.5 Å². The lowest BCUT2D eigenvalue weighted by molar-refractivity contribution is 0.0949. The van der Waals surface area contributed by atoms with Crippen molar-refractivity contribution in [1.29, 1.82) is 0 Å². The SMILES string of the molecule is Cc1nn(-c2ccccc2)c(N)c1C(=O)NCc1nnc2n1CCC2. The van der Waals surface area contributed by atoms with Gasteiger partial charge in [0.1, 0.15) is 17.2 Å². The van der Waals surface area contributed by atoms with E-state index in [1.807, 2.05) is 30.3 Å². The highest BCUT2D eigenvalue weighted by atomic mass is 16.1. The third kappa shape index (κ3) is 2.65. The Kier molecular flexibility index (Phi) is 3.72. The fourth-order valence-corrected chi connectivity index (χ4v) is 3.18. The first kappa shape index (κ1) is 15.4.